The van der Waals surface area contributed by atoms with E-state index < -0.39 is 15.3 Å². The summed E-state index contributed by atoms with van der Waals surface area (Å²) < 4.78 is 26.7. The van der Waals surface area contributed by atoms with E-state index in [0.717, 1.165) is 0 Å². The fourth-order valence-electron chi connectivity index (χ4n) is 1.34. The van der Waals surface area contributed by atoms with E-state index in [9.17, 15) is 8.42 Å². The lowest BCUT2D eigenvalue weighted by Gasteiger charge is -2.17. The summed E-state index contributed by atoms with van der Waals surface area (Å²) in [7, 11) is -3.45. The highest BCUT2D eigenvalue weighted by Crippen LogP contribution is 2.25. The Balaban J connectivity index is 2.75. The van der Waals surface area contributed by atoms with Crippen molar-refractivity contribution in [2.75, 3.05) is 11.3 Å². The lowest BCUT2D eigenvalue weighted by atomic mass is 10.3. The number of sulfonamides is 1. The average Bonchev–Trinajstić information content (AvgIpc) is 2.30. The van der Waals surface area contributed by atoms with Gasteiger partial charge in [0.05, 0.1) is 21.0 Å². The van der Waals surface area contributed by atoms with Crippen LogP contribution in [0.2, 0.25) is 10.0 Å². The Morgan fingerprint density at radius 3 is 2.32 bits per heavy atom. The number of anilines is 1. The summed E-state index contributed by atoms with van der Waals surface area (Å²) >= 11 is 11.6. The van der Waals surface area contributed by atoms with Gasteiger partial charge in [-0.05, 0) is 25.1 Å². The molecule has 19 heavy (non-hydrogen) atoms. The fraction of sp³-hybridized carbons (Fsp3) is 0.500. The van der Waals surface area contributed by atoms with Crippen molar-refractivity contribution in [2.45, 2.75) is 32.1 Å². The maximum Gasteiger partial charge on any atom is 0.236 e. The second-order valence-corrected chi connectivity index (χ2v) is 7.56. The van der Waals surface area contributed by atoms with Gasteiger partial charge in [-0.2, -0.15) is 0 Å². The Labute approximate surface area is 124 Å². The third-order valence-electron chi connectivity index (χ3n) is 2.52. The van der Waals surface area contributed by atoms with Gasteiger partial charge in [-0.1, -0.05) is 37.0 Å². The largest absolute Gasteiger partial charge is 0.313 e. The Hall–Kier alpha value is -0.490. The van der Waals surface area contributed by atoms with Crippen molar-refractivity contribution in [3.05, 3.63) is 28.2 Å². The quantitative estimate of drug-likeness (QED) is 0.845. The van der Waals surface area contributed by atoms with Crippen LogP contribution in [0.4, 0.5) is 5.69 Å². The van der Waals surface area contributed by atoms with Gasteiger partial charge in [-0.15, -0.1) is 0 Å². The molecule has 0 saturated heterocycles. The van der Waals surface area contributed by atoms with Crippen LogP contribution >= 0.6 is 23.2 Å². The van der Waals surface area contributed by atoms with Gasteiger partial charge in [0.15, 0.2) is 0 Å². The Morgan fingerprint density at radius 2 is 1.79 bits per heavy atom. The molecule has 108 valence electrons. The highest BCUT2D eigenvalue weighted by atomic mass is 35.5. The average molecular weight is 325 g/mol. The molecule has 1 aromatic carbocycles. The minimum absolute atomic E-state index is 0.239. The molecule has 0 amide bonds. The van der Waals surface area contributed by atoms with Crippen LogP contribution in [0.1, 0.15) is 20.8 Å². The maximum atomic E-state index is 12.1. The molecular formula is C12H18Cl2N2O2S. The number of hydrogen-bond acceptors (Lipinski definition) is 3. The zero-order valence-corrected chi connectivity index (χ0v) is 13.4. The predicted octanol–water partition coefficient (Wildman–Crippen LogP) is 3.12. The standard InChI is InChI=1S/C12H18Cl2N2O2S/c1-8(2)15-7-9(3)19(17,18)16-10-4-5-11(13)12(14)6-10/h4-6,8-9,15-16H,7H2,1-3H3. The molecule has 1 aromatic rings. The van der Waals surface area contributed by atoms with Gasteiger partial charge in [0.1, 0.15) is 0 Å². The van der Waals surface area contributed by atoms with E-state index in [2.05, 4.69) is 10.0 Å². The molecule has 0 aromatic heterocycles. The topological polar surface area (TPSA) is 58.2 Å². The molecule has 0 radical (unpaired) electrons. The first-order chi connectivity index (χ1) is 8.72. The summed E-state index contributed by atoms with van der Waals surface area (Å²) in [6.07, 6.45) is 0. The van der Waals surface area contributed by atoms with Gasteiger partial charge >= 0.3 is 0 Å². The van der Waals surface area contributed by atoms with Crippen LogP contribution in [0.25, 0.3) is 0 Å². The molecule has 1 rings (SSSR count). The molecular weight excluding hydrogens is 307 g/mol. The van der Waals surface area contributed by atoms with Crippen molar-refractivity contribution < 1.29 is 8.42 Å². The van der Waals surface area contributed by atoms with Crippen LogP contribution in [-0.2, 0) is 10.0 Å². The van der Waals surface area contributed by atoms with E-state index in [1.807, 2.05) is 13.8 Å². The predicted molar refractivity (Wildman–Crippen MR) is 81.6 cm³/mol. The number of rotatable bonds is 6. The molecule has 0 bridgehead atoms. The van der Waals surface area contributed by atoms with Crippen molar-refractivity contribution in [3.8, 4) is 0 Å². The van der Waals surface area contributed by atoms with E-state index in [1.54, 1.807) is 19.1 Å². The Morgan fingerprint density at radius 1 is 1.16 bits per heavy atom. The second-order valence-electron chi connectivity index (χ2n) is 4.65. The zero-order chi connectivity index (χ0) is 14.6. The van der Waals surface area contributed by atoms with Crippen molar-refractivity contribution in [1.82, 2.24) is 5.32 Å². The molecule has 0 heterocycles. The van der Waals surface area contributed by atoms with Crippen LogP contribution < -0.4 is 10.0 Å². The number of benzene rings is 1. The number of nitrogens with one attached hydrogen (secondary N) is 2. The third-order valence-corrected chi connectivity index (χ3v) is 5.01. The molecule has 0 aliphatic carbocycles. The third kappa shape index (κ3) is 5.18. The van der Waals surface area contributed by atoms with Gasteiger partial charge in [0, 0.05) is 12.6 Å². The maximum absolute atomic E-state index is 12.1. The molecule has 1 atom stereocenters. The van der Waals surface area contributed by atoms with Gasteiger partial charge in [0.25, 0.3) is 0 Å². The summed E-state index contributed by atoms with van der Waals surface area (Å²) in [5, 5.41) is 3.24. The van der Waals surface area contributed by atoms with E-state index in [0.29, 0.717) is 22.3 Å². The Kier molecular flexibility index (Phi) is 5.92. The van der Waals surface area contributed by atoms with E-state index >= 15 is 0 Å². The highest BCUT2D eigenvalue weighted by Gasteiger charge is 2.20. The molecule has 0 aliphatic rings. The van der Waals surface area contributed by atoms with Crippen LogP contribution in [0.5, 0.6) is 0 Å². The van der Waals surface area contributed by atoms with Gasteiger partial charge in [-0.25, -0.2) is 8.42 Å². The molecule has 1 unspecified atom stereocenters. The van der Waals surface area contributed by atoms with Gasteiger partial charge in [-0.3, -0.25) is 4.72 Å². The zero-order valence-electron chi connectivity index (χ0n) is 11.1. The summed E-state index contributed by atoms with van der Waals surface area (Å²) in [4.78, 5) is 0. The molecule has 2 N–H and O–H groups in total. The highest BCUT2D eigenvalue weighted by molar-refractivity contribution is 7.93. The van der Waals surface area contributed by atoms with Gasteiger partial charge in [0.2, 0.25) is 10.0 Å². The van der Waals surface area contributed by atoms with E-state index in [1.165, 1.54) is 6.07 Å². The molecule has 0 spiro atoms. The smallest absolute Gasteiger partial charge is 0.236 e. The van der Waals surface area contributed by atoms with Crippen molar-refractivity contribution in [1.29, 1.82) is 0 Å². The van der Waals surface area contributed by atoms with E-state index in [4.69, 9.17) is 23.2 Å². The molecule has 0 saturated carbocycles. The lowest BCUT2D eigenvalue weighted by Crippen LogP contribution is -2.37. The lowest BCUT2D eigenvalue weighted by molar-refractivity contribution is 0.553. The number of halogens is 2. The van der Waals surface area contributed by atoms with Crippen LogP contribution in [0.3, 0.4) is 0 Å². The van der Waals surface area contributed by atoms with Crippen LogP contribution in [-0.4, -0.2) is 26.3 Å². The first-order valence-corrected chi connectivity index (χ1v) is 8.22. The second kappa shape index (κ2) is 6.79. The molecule has 7 heteroatoms. The summed E-state index contributed by atoms with van der Waals surface area (Å²) in [6, 6.07) is 4.86. The first kappa shape index (κ1) is 16.6. The van der Waals surface area contributed by atoms with Gasteiger partial charge < -0.3 is 5.32 Å². The molecule has 0 fully saturated rings. The summed E-state index contributed by atoms with van der Waals surface area (Å²) in [6.45, 7) is 5.96. The van der Waals surface area contributed by atoms with Crippen LogP contribution in [0, 0.1) is 0 Å². The minimum Gasteiger partial charge on any atom is -0.313 e. The Bertz CT molecular complexity index is 533. The first-order valence-electron chi connectivity index (χ1n) is 5.92. The van der Waals surface area contributed by atoms with Crippen LogP contribution in [0.15, 0.2) is 18.2 Å². The molecule has 4 nitrogen and oxygen atoms in total. The molecule has 0 aliphatic heterocycles. The van der Waals surface area contributed by atoms with Crippen molar-refractivity contribution in [3.63, 3.8) is 0 Å². The SMILES string of the molecule is CC(C)NCC(C)S(=O)(=O)Nc1ccc(Cl)c(Cl)c1. The number of hydrogen-bond donors (Lipinski definition) is 2. The summed E-state index contributed by atoms with van der Waals surface area (Å²) in [5.74, 6) is 0. The van der Waals surface area contributed by atoms with Crippen molar-refractivity contribution >= 4 is 38.9 Å². The monoisotopic (exact) mass is 324 g/mol. The summed E-state index contributed by atoms with van der Waals surface area (Å²) in [5.41, 5.74) is 0.408. The normalized spacial score (nSPS) is 13.6. The van der Waals surface area contributed by atoms with E-state index in [-0.39, 0.29) is 6.04 Å². The minimum atomic E-state index is -3.45. The fourth-order valence-corrected chi connectivity index (χ4v) is 2.61. The van der Waals surface area contributed by atoms with Crippen molar-refractivity contribution in [2.24, 2.45) is 0 Å².